The van der Waals surface area contributed by atoms with Gasteiger partial charge in [0.1, 0.15) is 14.7 Å². The van der Waals surface area contributed by atoms with E-state index in [1.165, 1.54) is 12.1 Å². The molecule has 7 N–H and O–H groups in total. The largest absolute Gasteiger partial charge is 0.397 e. The average Bonchev–Trinajstić information content (AvgIpc) is 2.82. The van der Waals surface area contributed by atoms with Crippen molar-refractivity contribution in [3.05, 3.63) is 70.3 Å². The van der Waals surface area contributed by atoms with Crippen molar-refractivity contribution in [2.24, 2.45) is 0 Å². The van der Waals surface area contributed by atoms with Crippen LogP contribution in [0.25, 0.3) is 0 Å². The summed E-state index contributed by atoms with van der Waals surface area (Å²) in [7, 11) is -13.9. The molecule has 39 heavy (non-hydrogen) atoms. The van der Waals surface area contributed by atoms with Gasteiger partial charge in [0.25, 0.3) is 30.4 Å². The molecule has 206 valence electrons. The second-order valence-electron chi connectivity index (χ2n) is 8.33. The molecule has 0 radical (unpaired) electrons. The van der Waals surface area contributed by atoms with Crippen molar-refractivity contribution in [3.8, 4) is 0 Å². The predicted molar refractivity (Wildman–Crippen MR) is 136 cm³/mol. The molecule has 0 aliphatic heterocycles. The first-order chi connectivity index (χ1) is 18.0. The van der Waals surface area contributed by atoms with Crippen LogP contribution in [0.15, 0.2) is 57.2 Å². The van der Waals surface area contributed by atoms with Crippen LogP contribution in [0, 0.1) is 0 Å². The van der Waals surface area contributed by atoms with E-state index in [9.17, 15) is 48.5 Å². The number of nitrogens with one attached hydrogen (secondary N) is 2. The highest BCUT2D eigenvalue weighted by molar-refractivity contribution is 7.86. The Morgan fingerprint density at radius 3 is 1.59 bits per heavy atom. The van der Waals surface area contributed by atoms with Crippen LogP contribution in [0.1, 0.15) is 37.4 Å². The van der Waals surface area contributed by atoms with Crippen LogP contribution in [0.3, 0.4) is 0 Å². The van der Waals surface area contributed by atoms with Crippen LogP contribution < -0.4 is 16.4 Å². The Bertz CT molecular complexity index is 1900. The van der Waals surface area contributed by atoms with Crippen LogP contribution in [0.4, 0.5) is 17.1 Å². The fraction of sp³-hybridized carbons (Fsp3) is 0.0909. The smallest absolute Gasteiger partial charge is 0.296 e. The summed E-state index contributed by atoms with van der Waals surface area (Å²) < 4.78 is 102. The second-order valence-corrected chi connectivity index (χ2v) is 12.5. The molecule has 0 amide bonds. The molecule has 0 saturated carbocycles. The monoisotopic (exact) mass is 597 g/mol. The molecule has 1 aliphatic carbocycles. The quantitative estimate of drug-likeness (QED) is 0.130. The zero-order valence-electron chi connectivity index (χ0n) is 19.7. The van der Waals surface area contributed by atoms with E-state index in [0.29, 0.717) is 18.7 Å². The molecule has 3 aromatic carbocycles. The van der Waals surface area contributed by atoms with Crippen molar-refractivity contribution in [3.63, 3.8) is 0 Å². The molecule has 0 atom stereocenters. The number of ketones is 2. The number of hydrogen-bond donors (Lipinski definition) is 6. The lowest BCUT2D eigenvalue weighted by molar-refractivity contribution is 0.0975. The van der Waals surface area contributed by atoms with Gasteiger partial charge in [0.05, 0.1) is 33.6 Å². The first-order valence-electron chi connectivity index (χ1n) is 10.6. The molecule has 0 bridgehead atoms. The van der Waals surface area contributed by atoms with Crippen molar-refractivity contribution >= 4 is 59.0 Å². The van der Waals surface area contributed by atoms with E-state index >= 15 is 0 Å². The summed E-state index contributed by atoms with van der Waals surface area (Å²) in [6.45, 7) is 0.503. The highest BCUT2D eigenvalue weighted by atomic mass is 32.2. The molecule has 0 saturated heterocycles. The van der Waals surface area contributed by atoms with Gasteiger partial charge in [0.2, 0.25) is 0 Å². The molecular weight excluding hydrogens is 578 g/mol. The lowest BCUT2D eigenvalue weighted by atomic mass is 9.82. The minimum absolute atomic E-state index is 0.260. The van der Waals surface area contributed by atoms with Crippen molar-refractivity contribution in [1.29, 1.82) is 0 Å². The Balaban J connectivity index is 2.10. The molecule has 4 rings (SSSR count). The Morgan fingerprint density at radius 1 is 0.692 bits per heavy atom. The van der Waals surface area contributed by atoms with Gasteiger partial charge in [-0.25, -0.2) is 0 Å². The van der Waals surface area contributed by atoms with Gasteiger partial charge >= 0.3 is 0 Å². The van der Waals surface area contributed by atoms with Gasteiger partial charge in [-0.15, -0.1) is 0 Å². The molecule has 0 unspecified atom stereocenters. The lowest BCUT2D eigenvalue weighted by Crippen LogP contribution is -2.29. The number of nitrogens with two attached hydrogens (primary N) is 1. The molecule has 14 nitrogen and oxygen atoms in total. The lowest BCUT2D eigenvalue weighted by Gasteiger charge is -2.25. The molecule has 0 spiro atoms. The third-order valence-corrected chi connectivity index (χ3v) is 8.50. The van der Waals surface area contributed by atoms with E-state index in [2.05, 4.69) is 10.6 Å². The van der Waals surface area contributed by atoms with E-state index in [4.69, 9.17) is 5.73 Å². The zero-order valence-corrected chi connectivity index (χ0v) is 22.1. The topological polar surface area (TPSA) is 247 Å². The zero-order chi connectivity index (χ0) is 29.1. The summed E-state index contributed by atoms with van der Waals surface area (Å²) in [4.78, 5) is 24.0. The first-order valence-corrected chi connectivity index (χ1v) is 14.9. The van der Waals surface area contributed by atoms with Gasteiger partial charge in [-0.3, -0.25) is 23.2 Å². The number of anilines is 3. The van der Waals surface area contributed by atoms with Crippen LogP contribution >= 0.6 is 0 Å². The third-order valence-electron chi connectivity index (χ3n) is 5.81. The van der Waals surface area contributed by atoms with Gasteiger partial charge in [-0.05, 0) is 42.9 Å². The maximum absolute atomic E-state index is 13.7. The average molecular weight is 598 g/mol. The minimum Gasteiger partial charge on any atom is -0.397 e. The molecule has 0 aromatic heterocycles. The van der Waals surface area contributed by atoms with E-state index in [1.54, 1.807) is 19.2 Å². The van der Waals surface area contributed by atoms with Crippen molar-refractivity contribution in [2.45, 2.75) is 21.2 Å². The fourth-order valence-corrected chi connectivity index (χ4v) is 6.25. The van der Waals surface area contributed by atoms with E-state index in [0.717, 1.165) is 11.6 Å². The predicted octanol–water partition coefficient (Wildman–Crippen LogP) is 1.25. The molecule has 3 aromatic rings. The van der Waals surface area contributed by atoms with Crippen molar-refractivity contribution in [2.75, 3.05) is 18.1 Å². The summed E-state index contributed by atoms with van der Waals surface area (Å²) in [6, 6.07) is 8.13. The van der Waals surface area contributed by atoms with Gasteiger partial charge in [-0.1, -0.05) is 12.1 Å². The summed E-state index contributed by atoms with van der Waals surface area (Å²) >= 11 is 0. The summed E-state index contributed by atoms with van der Waals surface area (Å²) in [6.07, 6.45) is 0. The SMILES string of the molecule is CNCc1ccc(Nc2cc(S(=O)(=O)O)c(N)c3c2C(=O)c2c(S(=O)(=O)O)ccc(S(=O)(=O)O)c2C3=O)cc1. The van der Waals surface area contributed by atoms with Crippen molar-refractivity contribution < 1.29 is 48.5 Å². The highest BCUT2D eigenvalue weighted by Crippen LogP contribution is 2.43. The minimum atomic E-state index is -5.26. The maximum Gasteiger partial charge on any atom is 0.296 e. The van der Waals surface area contributed by atoms with Crippen LogP contribution in [-0.2, 0) is 36.9 Å². The van der Waals surface area contributed by atoms with Crippen molar-refractivity contribution in [1.82, 2.24) is 5.32 Å². The van der Waals surface area contributed by atoms with Crippen LogP contribution in [-0.4, -0.2) is 57.5 Å². The number of hydrogen-bond acceptors (Lipinski definition) is 11. The number of benzene rings is 3. The first kappa shape index (κ1) is 28.3. The Hall–Kier alpha value is -3.71. The molecular formula is C22H19N3O11S3. The number of nitrogen functional groups attached to an aromatic ring is 1. The molecule has 1 aliphatic rings. The van der Waals surface area contributed by atoms with Gasteiger partial charge in [-0.2, -0.15) is 25.3 Å². The third kappa shape index (κ3) is 5.03. The summed E-state index contributed by atoms with van der Waals surface area (Å²) in [5.41, 5.74) is 1.82. The second kappa shape index (κ2) is 9.49. The van der Waals surface area contributed by atoms with E-state index in [-0.39, 0.29) is 5.69 Å². The van der Waals surface area contributed by atoms with Crippen LogP contribution in [0.2, 0.25) is 0 Å². The van der Waals surface area contributed by atoms with Crippen LogP contribution in [0.5, 0.6) is 0 Å². The number of carbonyl (C=O) groups is 2. The van der Waals surface area contributed by atoms with Gasteiger partial charge in [0.15, 0.2) is 11.6 Å². The molecule has 17 heteroatoms. The summed E-state index contributed by atoms with van der Waals surface area (Å²) in [5, 5.41) is 5.66. The van der Waals surface area contributed by atoms with E-state index in [1.807, 2.05) is 0 Å². The highest BCUT2D eigenvalue weighted by Gasteiger charge is 2.42. The standard InChI is InChI=1S/C22H19N3O11S3/c1-24-9-10-2-4-11(5-3-10)25-12-8-15(39(34,35)36)20(23)19-16(12)21(26)17-13(37(28,29)30)6-7-14(38(31,32)33)18(17)22(19)27/h2-8,24-25H,9,23H2,1H3,(H,28,29,30)(H,31,32,33)(H,34,35,36). The Morgan fingerprint density at radius 2 is 1.15 bits per heavy atom. The number of rotatable bonds is 7. The normalized spacial score (nSPS) is 13.6. The molecule has 0 heterocycles. The van der Waals surface area contributed by atoms with Gasteiger partial charge < -0.3 is 16.4 Å². The Labute approximate surface area is 222 Å². The molecule has 0 fully saturated rings. The maximum atomic E-state index is 13.7. The Kier molecular flexibility index (Phi) is 6.88. The van der Waals surface area contributed by atoms with Gasteiger partial charge in [0, 0.05) is 12.2 Å². The number of fused-ring (bicyclic) bond motifs is 2. The number of carbonyl (C=O) groups excluding carboxylic acids is 2. The van der Waals surface area contributed by atoms with E-state index < -0.39 is 90.2 Å². The summed E-state index contributed by atoms with van der Waals surface area (Å²) in [5.74, 6) is -2.81. The fourth-order valence-electron chi connectivity index (χ4n) is 4.22.